The minimum absolute atomic E-state index is 0.0714. The van der Waals surface area contributed by atoms with Crippen molar-refractivity contribution in [1.29, 1.82) is 0 Å². The third-order valence-electron chi connectivity index (χ3n) is 7.59. The van der Waals surface area contributed by atoms with Crippen LogP contribution in [0.15, 0.2) is 79.4 Å². The van der Waals surface area contributed by atoms with Crippen molar-refractivity contribution >= 4 is 33.4 Å². The number of benzene rings is 2. The van der Waals surface area contributed by atoms with Gasteiger partial charge in [0.05, 0.1) is 34.8 Å². The highest BCUT2D eigenvalue weighted by atomic mass is 19.1. The molecule has 0 saturated heterocycles. The molecule has 1 fully saturated rings. The van der Waals surface area contributed by atoms with E-state index in [0.717, 1.165) is 75.6 Å². The quantitative estimate of drug-likeness (QED) is 0.227. The monoisotopic (exact) mass is 516 g/mol. The summed E-state index contributed by atoms with van der Waals surface area (Å²) in [5.74, 6) is -0.134. The third-order valence-corrected chi connectivity index (χ3v) is 7.59. The Balaban J connectivity index is 1.25. The lowest BCUT2D eigenvalue weighted by Gasteiger charge is -2.11. The van der Waals surface area contributed by atoms with Crippen molar-refractivity contribution in [3.8, 4) is 33.6 Å². The van der Waals surface area contributed by atoms with E-state index < -0.39 is 0 Å². The molecule has 0 spiro atoms. The Morgan fingerprint density at radius 2 is 1.69 bits per heavy atom. The second kappa shape index (κ2) is 9.47. The van der Waals surface area contributed by atoms with Gasteiger partial charge < -0.3 is 10.3 Å². The number of anilines is 1. The Bertz CT molecular complexity index is 1850. The molecular formula is C31H25FN6O. The fourth-order valence-corrected chi connectivity index (χ4v) is 5.57. The van der Waals surface area contributed by atoms with Gasteiger partial charge in [-0.3, -0.25) is 19.9 Å². The number of hydrogen-bond donors (Lipinski definition) is 3. The zero-order valence-corrected chi connectivity index (χ0v) is 21.0. The number of carbonyl (C=O) groups is 1. The number of fused-ring (bicyclic) bond motifs is 2. The molecule has 8 heteroatoms. The third kappa shape index (κ3) is 4.24. The van der Waals surface area contributed by atoms with Crippen molar-refractivity contribution in [3.05, 3.63) is 85.2 Å². The van der Waals surface area contributed by atoms with Crippen molar-refractivity contribution in [3.63, 3.8) is 0 Å². The van der Waals surface area contributed by atoms with Crippen LogP contribution in [0.1, 0.15) is 25.7 Å². The summed E-state index contributed by atoms with van der Waals surface area (Å²) in [6.07, 6.45) is 11.0. The van der Waals surface area contributed by atoms with E-state index in [1.807, 2.05) is 30.3 Å². The molecule has 2 aromatic carbocycles. The van der Waals surface area contributed by atoms with E-state index in [9.17, 15) is 9.18 Å². The summed E-state index contributed by atoms with van der Waals surface area (Å²) < 4.78 is 14.6. The van der Waals surface area contributed by atoms with Crippen LogP contribution in [0.4, 0.5) is 10.1 Å². The van der Waals surface area contributed by atoms with Gasteiger partial charge in [0, 0.05) is 45.8 Å². The summed E-state index contributed by atoms with van der Waals surface area (Å²) in [5, 5.41) is 12.6. The highest BCUT2D eigenvalue weighted by Crippen LogP contribution is 2.36. The molecule has 192 valence electrons. The molecule has 0 aliphatic heterocycles. The standard InChI is InChI=1S/C31H25FN6O/c32-26-8-4-3-7-22(26)25-16-34-17-29-23(25)13-28(36-29)30-24-12-19(9-10-27(24)37-38-30)20-11-21(15-33-14-20)35-31(39)18-5-1-2-6-18/h3-4,7-18,36H,1-2,5-6H2,(H,35,39)(H,37,38). The number of pyridine rings is 2. The first-order valence-corrected chi connectivity index (χ1v) is 13.1. The van der Waals surface area contributed by atoms with E-state index in [0.29, 0.717) is 11.3 Å². The summed E-state index contributed by atoms with van der Waals surface area (Å²) in [7, 11) is 0. The summed E-state index contributed by atoms with van der Waals surface area (Å²) in [4.78, 5) is 24.8. The van der Waals surface area contributed by atoms with Crippen molar-refractivity contribution in [2.75, 3.05) is 5.32 Å². The Kier molecular flexibility index (Phi) is 5.65. The number of carbonyl (C=O) groups excluding carboxylic acids is 1. The first kappa shape index (κ1) is 23.3. The predicted octanol–water partition coefficient (Wildman–Crippen LogP) is 7.10. The second-order valence-corrected chi connectivity index (χ2v) is 10.1. The van der Waals surface area contributed by atoms with Crippen LogP contribution in [0.5, 0.6) is 0 Å². The normalized spacial score (nSPS) is 13.9. The van der Waals surface area contributed by atoms with Crippen molar-refractivity contribution in [1.82, 2.24) is 25.1 Å². The van der Waals surface area contributed by atoms with Crippen LogP contribution >= 0.6 is 0 Å². The Morgan fingerprint density at radius 1 is 0.846 bits per heavy atom. The van der Waals surface area contributed by atoms with Crippen LogP contribution < -0.4 is 5.32 Å². The van der Waals surface area contributed by atoms with Crippen LogP contribution in [-0.4, -0.2) is 31.1 Å². The average molecular weight is 517 g/mol. The molecule has 4 aromatic heterocycles. The molecule has 0 radical (unpaired) electrons. The lowest BCUT2D eigenvalue weighted by Crippen LogP contribution is -2.20. The van der Waals surface area contributed by atoms with E-state index in [1.165, 1.54) is 6.07 Å². The van der Waals surface area contributed by atoms with Gasteiger partial charge in [0.15, 0.2) is 0 Å². The van der Waals surface area contributed by atoms with Gasteiger partial charge in [-0.25, -0.2) is 4.39 Å². The average Bonchev–Trinajstić information content (AvgIpc) is 3.73. The van der Waals surface area contributed by atoms with E-state index in [4.69, 9.17) is 0 Å². The number of nitrogens with one attached hydrogen (secondary N) is 3. The van der Waals surface area contributed by atoms with E-state index >= 15 is 0 Å². The molecule has 39 heavy (non-hydrogen) atoms. The summed E-state index contributed by atoms with van der Waals surface area (Å²) in [6.45, 7) is 0. The topological polar surface area (TPSA) is 99.3 Å². The number of aromatic amines is 2. The lowest BCUT2D eigenvalue weighted by atomic mass is 10.0. The first-order valence-electron chi connectivity index (χ1n) is 13.1. The Morgan fingerprint density at radius 3 is 2.56 bits per heavy atom. The summed E-state index contributed by atoms with van der Waals surface area (Å²) >= 11 is 0. The molecule has 3 N–H and O–H groups in total. The van der Waals surface area contributed by atoms with Gasteiger partial charge in [0.2, 0.25) is 5.91 Å². The first-order chi connectivity index (χ1) is 19.1. The van der Waals surface area contributed by atoms with Gasteiger partial charge in [-0.1, -0.05) is 37.1 Å². The molecule has 1 aliphatic carbocycles. The van der Waals surface area contributed by atoms with Crippen molar-refractivity contribution in [2.45, 2.75) is 25.7 Å². The van der Waals surface area contributed by atoms with Crippen LogP contribution in [0.3, 0.4) is 0 Å². The fourth-order valence-electron chi connectivity index (χ4n) is 5.57. The minimum atomic E-state index is -0.292. The number of H-pyrrole nitrogens is 2. The number of amides is 1. The number of aromatic nitrogens is 5. The van der Waals surface area contributed by atoms with Gasteiger partial charge in [-0.2, -0.15) is 5.10 Å². The van der Waals surface area contributed by atoms with Gasteiger partial charge in [0.1, 0.15) is 11.5 Å². The zero-order chi connectivity index (χ0) is 26.3. The summed E-state index contributed by atoms with van der Waals surface area (Å²) in [5.41, 5.74) is 7.01. The van der Waals surface area contributed by atoms with Crippen LogP contribution in [-0.2, 0) is 4.79 Å². The SMILES string of the molecule is O=C(Nc1cncc(-c2ccc3[nH]nc(-c4cc5c(-c6ccccc6F)cncc5[nH]4)c3c2)c1)C1CCCC1. The number of halogens is 1. The lowest BCUT2D eigenvalue weighted by molar-refractivity contribution is -0.119. The molecule has 7 rings (SSSR count). The molecule has 1 aliphatic rings. The molecule has 4 heterocycles. The van der Waals surface area contributed by atoms with E-state index in [2.05, 4.69) is 36.5 Å². The fraction of sp³-hybridized carbons (Fsp3) is 0.161. The molecule has 0 unspecified atom stereocenters. The second-order valence-electron chi connectivity index (χ2n) is 10.1. The molecule has 0 atom stereocenters. The highest BCUT2D eigenvalue weighted by molar-refractivity contribution is 6.01. The summed E-state index contributed by atoms with van der Waals surface area (Å²) in [6, 6.07) is 16.7. The smallest absolute Gasteiger partial charge is 0.227 e. The van der Waals surface area contributed by atoms with Gasteiger partial charge >= 0.3 is 0 Å². The van der Waals surface area contributed by atoms with Gasteiger partial charge in [0.25, 0.3) is 0 Å². The molecule has 7 nitrogen and oxygen atoms in total. The minimum Gasteiger partial charge on any atom is -0.352 e. The van der Waals surface area contributed by atoms with Crippen LogP contribution in [0.2, 0.25) is 0 Å². The van der Waals surface area contributed by atoms with Gasteiger partial charge in [-0.05, 0) is 48.7 Å². The number of hydrogen-bond acceptors (Lipinski definition) is 4. The molecule has 1 amide bonds. The molecular weight excluding hydrogens is 491 g/mol. The molecule has 0 bridgehead atoms. The van der Waals surface area contributed by atoms with Crippen LogP contribution in [0, 0.1) is 11.7 Å². The van der Waals surface area contributed by atoms with Crippen molar-refractivity contribution in [2.24, 2.45) is 5.92 Å². The zero-order valence-electron chi connectivity index (χ0n) is 21.0. The maximum Gasteiger partial charge on any atom is 0.227 e. The van der Waals surface area contributed by atoms with Crippen molar-refractivity contribution < 1.29 is 9.18 Å². The highest BCUT2D eigenvalue weighted by Gasteiger charge is 2.23. The number of nitrogens with zero attached hydrogens (tertiary/aromatic N) is 3. The van der Waals surface area contributed by atoms with Gasteiger partial charge in [-0.15, -0.1) is 0 Å². The van der Waals surface area contributed by atoms with E-state index in [1.54, 1.807) is 36.9 Å². The maximum absolute atomic E-state index is 14.6. The Hall–Kier alpha value is -4.85. The predicted molar refractivity (Wildman–Crippen MR) is 150 cm³/mol. The molecule has 6 aromatic rings. The number of rotatable bonds is 5. The molecule has 1 saturated carbocycles. The Labute approximate surface area is 223 Å². The van der Waals surface area contributed by atoms with Crippen LogP contribution in [0.25, 0.3) is 55.4 Å². The largest absolute Gasteiger partial charge is 0.352 e. The van der Waals surface area contributed by atoms with E-state index in [-0.39, 0.29) is 17.6 Å². The maximum atomic E-state index is 14.6.